The summed E-state index contributed by atoms with van der Waals surface area (Å²) in [5.74, 6) is 0. The molecule has 0 bridgehead atoms. The molecule has 1 aromatic carbocycles. The monoisotopic (exact) mass is 212 g/mol. The predicted molar refractivity (Wildman–Crippen MR) is 56.5 cm³/mol. The van der Waals surface area contributed by atoms with Crippen LogP contribution in [0.5, 0.6) is 0 Å². The quantitative estimate of drug-likeness (QED) is 0.764. The zero-order chi connectivity index (χ0) is 10.8. The van der Waals surface area contributed by atoms with Gasteiger partial charge in [-0.05, 0) is 31.1 Å². The van der Waals surface area contributed by atoms with Crippen molar-refractivity contribution in [1.82, 2.24) is 0 Å². The van der Waals surface area contributed by atoms with Gasteiger partial charge in [-0.2, -0.15) is 8.42 Å². The summed E-state index contributed by atoms with van der Waals surface area (Å²) in [7, 11) is -4.03. The third-order valence-electron chi connectivity index (χ3n) is 1.84. The van der Waals surface area contributed by atoms with Crippen LogP contribution in [0.1, 0.15) is 16.7 Å². The van der Waals surface area contributed by atoms with E-state index in [2.05, 4.69) is 0 Å². The molecular weight excluding hydrogens is 200 g/mol. The lowest BCUT2D eigenvalue weighted by atomic mass is 10.1. The van der Waals surface area contributed by atoms with Crippen molar-refractivity contribution in [2.45, 2.75) is 13.8 Å². The molecule has 0 saturated heterocycles. The molecule has 0 aromatic heterocycles. The summed E-state index contributed by atoms with van der Waals surface area (Å²) in [6.07, 6.45) is 1.38. The third-order valence-corrected chi connectivity index (χ3v) is 2.32. The highest BCUT2D eigenvalue weighted by atomic mass is 32.2. The average Bonchev–Trinajstić information content (AvgIpc) is 2.00. The second-order valence-corrected chi connectivity index (χ2v) is 4.48. The first-order chi connectivity index (χ1) is 6.38. The van der Waals surface area contributed by atoms with Crippen LogP contribution in [0.4, 0.5) is 0 Å². The molecule has 1 aromatic rings. The molecule has 76 valence electrons. The van der Waals surface area contributed by atoms with E-state index in [0.29, 0.717) is 0 Å². The molecule has 4 heteroatoms. The molecule has 14 heavy (non-hydrogen) atoms. The maximum Gasteiger partial charge on any atom is 0.287 e. The summed E-state index contributed by atoms with van der Waals surface area (Å²) in [4.78, 5) is 0. The van der Waals surface area contributed by atoms with Crippen LogP contribution in [0.25, 0.3) is 6.08 Å². The van der Waals surface area contributed by atoms with Crippen LogP contribution in [-0.4, -0.2) is 13.0 Å². The maximum atomic E-state index is 10.5. The van der Waals surface area contributed by atoms with Crippen molar-refractivity contribution in [2.24, 2.45) is 0 Å². The van der Waals surface area contributed by atoms with Gasteiger partial charge in [0.05, 0.1) is 5.41 Å². The lowest BCUT2D eigenvalue weighted by molar-refractivity contribution is 0.494. The molecule has 0 spiro atoms. The highest BCUT2D eigenvalue weighted by molar-refractivity contribution is 7.88. The minimum atomic E-state index is -4.03. The first kappa shape index (κ1) is 10.9. The van der Waals surface area contributed by atoms with Gasteiger partial charge in [0.1, 0.15) is 0 Å². The smallest absolute Gasteiger partial charge is 0.282 e. The van der Waals surface area contributed by atoms with Crippen molar-refractivity contribution in [2.75, 3.05) is 0 Å². The van der Waals surface area contributed by atoms with Gasteiger partial charge in [-0.15, -0.1) is 0 Å². The second-order valence-electron chi connectivity index (χ2n) is 3.18. The fourth-order valence-corrected chi connectivity index (χ4v) is 1.49. The van der Waals surface area contributed by atoms with Crippen LogP contribution in [0.2, 0.25) is 0 Å². The van der Waals surface area contributed by atoms with Crippen molar-refractivity contribution >= 4 is 16.2 Å². The Bertz CT molecular complexity index is 458. The average molecular weight is 212 g/mol. The summed E-state index contributed by atoms with van der Waals surface area (Å²) in [5, 5.41) is 0.782. The zero-order valence-corrected chi connectivity index (χ0v) is 8.88. The number of hydrogen-bond acceptors (Lipinski definition) is 2. The van der Waals surface area contributed by atoms with Crippen LogP contribution < -0.4 is 0 Å². The maximum absolute atomic E-state index is 10.5. The molecule has 1 rings (SSSR count). The molecule has 0 saturated carbocycles. The molecule has 0 amide bonds. The third kappa shape index (κ3) is 3.32. The van der Waals surface area contributed by atoms with Gasteiger partial charge in [0.15, 0.2) is 0 Å². The Labute approximate surface area is 83.8 Å². The molecule has 0 fully saturated rings. The van der Waals surface area contributed by atoms with Crippen LogP contribution in [0, 0.1) is 13.8 Å². The minimum absolute atomic E-state index is 0.782. The second kappa shape index (κ2) is 3.94. The molecular formula is C10H12O3S. The van der Waals surface area contributed by atoms with E-state index in [1.165, 1.54) is 6.08 Å². The summed E-state index contributed by atoms with van der Waals surface area (Å²) >= 11 is 0. The van der Waals surface area contributed by atoms with E-state index >= 15 is 0 Å². The Balaban J connectivity index is 3.05. The van der Waals surface area contributed by atoms with Crippen LogP contribution in [0.15, 0.2) is 23.6 Å². The fourth-order valence-electron chi connectivity index (χ4n) is 1.17. The number of benzene rings is 1. The normalized spacial score (nSPS) is 12.2. The van der Waals surface area contributed by atoms with E-state index in [4.69, 9.17) is 4.55 Å². The Morgan fingerprint density at radius 3 is 2.43 bits per heavy atom. The van der Waals surface area contributed by atoms with Gasteiger partial charge in [-0.25, -0.2) is 0 Å². The molecule has 0 atom stereocenters. The van der Waals surface area contributed by atoms with Gasteiger partial charge in [-0.3, -0.25) is 4.55 Å². The molecule has 0 aliphatic rings. The number of aryl methyl sites for hydroxylation is 2. The summed E-state index contributed by atoms with van der Waals surface area (Å²) in [5.41, 5.74) is 2.88. The molecule has 0 aliphatic carbocycles. The SMILES string of the molecule is Cc1ccc(/C=C/S(=O)(=O)O)c(C)c1. The van der Waals surface area contributed by atoms with Crippen molar-refractivity contribution in [3.05, 3.63) is 40.3 Å². The largest absolute Gasteiger partial charge is 0.287 e. The lowest BCUT2D eigenvalue weighted by Crippen LogP contribution is -1.90. The van der Waals surface area contributed by atoms with Gasteiger partial charge in [0.25, 0.3) is 10.1 Å². The summed E-state index contributed by atoms with van der Waals surface area (Å²) in [6.45, 7) is 3.85. The van der Waals surface area contributed by atoms with Crippen LogP contribution in [0.3, 0.4) is 0 Å². The highest BCUT2D eigenvalue weighted by Gasteiger charge is 1.98. The van der Waals surface area contributed by atoms with E-state index in [0.717, 1.165) is 22.1 Å². The van der Waals surface area contributed by atoms with Crippen LogP contribution >= 0.6 is 0 Å². The molecule has 0 aliphatic heterocycles. The van der Waals surface area contributed by atoms with Gasteiger partial charge in [0, 0.05) is 0 Å². The van der Waals surface area contributed by atoms with Gasteiger partial charge >= 0.3 is 0 Å². The van der Waals surface area contributed by atoms with Crippen molar-refractivity contribution in [3.63, 3.8) is 0 Å². The zero-order valence-electron chi connectivity index (χ0n) is 8.06. The number of hydrogen-bond donors (Lipinski definition) is 1. The molecule has 0 radical (unpaired) electrons. The van der Waals surface area contributed by atoms with E-state index in [1.807, 2.05) is 32.0 Å². The Kier molecular flexibility index (Phi) is 3.08. The molecule has 0 heterocycles. The standard InChI is InChI=1S/C10H12O3S/c1-8-3-4-10(9(2)7-8)5-6-14(11,12)13/h3-7H,1-2H3,(H,11,12,13)/b6-5+. The predicted octanol–water partition coefficient (Wildman–Crippen LogP) is 2.16. The van der Waals surface area contributed by atoms with Gasteiger partial charge < -0.3 is 0 Å². The van der Waals surface area contributed by atoms with Crippen molar-refractivity contribution in [1.29, 1.82) is 0 Å². The molecule has 0 unspecified atom stereocenters. The van der Waals surface area contributed by atoms with E-state index in [9.17, 15) is 8.42 Å². The summed E-state index contributed by atoms with van der Waals surface area (Å²) < 4.78 is 29.4. The van der Waals surface area contributed by atoms with Gasteiger partial charge in [-0.1, -0.05) is 23.8 Å². The summed E-state index contributed by atoms with van der Waals surface area (Å²) in [6, 6.07) is 5.65. The first-order valence-corrected chi connectivity index (χ1v) is 5.61. The van der Waals surface area contributed by atoms with E-state index in [-0.39, 0.29) is 0 Å². The molecule has 3 nitrogen and oxygen atoms in total. The minimum Gasteiger partial charge on any atom is -0.282 e. The number of rotatable bonds is 2. The Morgan fingerprint density at radius 1 is 1.29 bits per heavy atom. The first-order valence-electron chi connectivity index (χ1n) is 4.11. The van der Waals surface area contributed by atoms with Crippen LogP contribution in [-0.2, 0) is 10.1 Å². The van der Waals surface area contributed by atoms with Crippen molar-refractivity contribution in [3.8, 4) is 0 Å². The topological polar surface area (TPSA) is 54.4 Å². The Morgan fingerprint density at radius 2 is 1.93 bits per heavy atom. The lowest BCUT2D eigenvalue weighted by Gasteiger charge is -2.00. The fraction of sp³-hybridized carbons (Fsp3) is 0.200. The highest BCUT2D eigenvalue weighted by Crippen LogP contribution is 2.12. The van der Waals surface area contributed by atoms with Crippen molar-refractivity contribution < 1.29 is 13.0 Å². The molecule has 1 N–H and O–H groups in total. The van der Waals surface area contributed by atoms with Gasteiger partial charge in [0.2, 0.25) is 0 Å². The van der Waals surface area contributed by atoms with E-state index < -0.39 is 10.1 Å². The van der Waals surface area contributed by atoms with E-state index in [1.54, 1.807) is 0 Å². The Hall–Kier alpha value is -1.13.